The number of aromatic nitrogens is 2. The Kier molecular flexibility index (Phi) is 3.97. The molecule has 2 aromatic rings. The van der Waals surface area contributed by atoms with Gasteiger partial charge in [0, 0.05) is 23.5 Å². The molecule has 0 radical (unpaired) electrons. The zero-order valence-electron chi connectivity index (χ0n) is 12.7. The summed E-state index contributed by atoms with van der Waals surface area (Å²) in [6.45, 7) is 5.46. The van der Waals surface area contributed by atoms with Gasteiger partial charge >= 0.3 is 0 Å². The van der Waals surface area contributed by atoms with Crippen LogP contribution in [0.15, 0.2) is 6.07 Å². The maximum absolute atomic E-state index is 5.49. The molecule has 114 valence electrons. The standard InChI is InChI=1S/C14H22N6S/c1-8-6-10(4-5-20(8)3)16-12-11-7-9(2)21-13(11)18-14(17-12)19-15/h7-8,10H,4-6,15H2,1-3H3,(H2,16,17,18,19). The lowest BCUT2D eigenvalue weighted by atomic mass is 9.99. The van der Waals surface area contributed by atoms with Crippen molar-refractivity contribution in [1.82, 2.24) is 14.9 Å². The minimum atomic E-state index is 0.445. The highest BCUT2D eigenvalue weighted by molar-refractivity contribution is 7.18. The smallest absolute Gasteiger partial charge is 0.240 e. The van der Waals surface area contributed by atoms with Crippen LogP contribution in [0.2, 0.25) is 0 Å². The summed E-state index contributed by atoms with van der Waals surface area (Å²) in [5.41, 5.74) is 2.56. The number of aryl methyl sites for hydroxylation is 1. The van der Waals surface area contributed by atoms with Crippen molar-refractivity contribution in [2.45, 2.75) is 38.8 Å². The molecule has 2 unspecified atom stereocenters. The Morgan fingerprint density at radius 3 is 2.95 bits per heavy atom. The molecular weight excluding hydrogens is 284 g/mol. The minimum absolute atomic E-state index is 0.445. The molecule has 3 heterocycles. The highest BCUT2D eigenvalue weighted by atomic mass is 32.1. The van der Waals surface area contributed by atoms with Crippen LogP contribution in [0.3, 0.4) is 0 Å². The van der Waals surface area contributed by atoms with Gasteiger partial charge in [0.2, 0.25) is 5.95 Å². The second-order valence-corrected chi connectivity index (χ2v) is 7.05. The summed E-state index contributed by atoms with van der Waals surface area (Å²) in [6.07, 6.45) is 2.25. The molecule has 0 bridgehead atoms. The number of nitrogen functional groups attached to an aromatic ring is 1. The van der Waals surface area contributed by atoms with Crippen LogP contribution in [0.5, 0.6) is 0 Å². The third-order valence-electron chi connectivity index (χ3n) is 4.19. The molecule has 1 aliphatic rings. The van der Waals surface area contributed by atoms with Crippen LogP contribution in [0.25, 0.3) is 10.2 Å². The van der Waals surface area contributed by atoms with E-state index < -0.39 is 0 Å². The number of likely N-dealkylation sites (tertiary alicyclic amines) is 1. The monoisotopic (exact) mass is 306 g/mol. The van der Waals surface area contributed by atoms with Gasteiger partial charge < -0.3 is 10.2 Å². The number of nitrogens with zero attached hydrogens (tertiary/aromatic N) is 3. The van der Waals surface area contributed by atoms with Crippen LogP contribution in [-0.4, -0.2) is 40.5 Å². The number of nitrogens with two attached hydrogens (primary N) is 1. The van der Waals surface area contributed by atoms with Crippen molar-refractivity contribution in [3.63, 3.8) is 0 Å². The Labute approximate surface area is 128 Å². The van der Waals surface area contributed by atoms with Crippen molar-refractivity contribution in [2.24, 2.45) is 5.84 Å². The van der Waals surface area contributed by atoms with Crippen LogP contribution in [0, 0.1) is 6.92 Å². The number of hydrazine groups is 1. The van der Waals surface area contributed by atoms with Gasteiger partial charge in [-0.05, 0) is 39.8 Å². The Morgan fingerprint density at radius 2 is 2.24 bits per heavy atom. The van der Waals surface area contributed by atoms with E-state index in [0.717, 1.165) is 35.4 Å². The highest BCUT2D eigenvalue weighted by Gasteiger charge is 2.23. The number of rotatable bonds is 3. The third-order valence-corrected chi connectivity index (χ3v) is 5.14. The molecule has 21 heavy (non-hydrogen) atoms. The van der Waals surface area contributed by atoms with Gasteiger partial charge in [-0.2, -0.15) is 4.98 Å². The van der Waals surface area contributed by atoms with Crippen molar-refractivity contribution in [3.8, 4) is 0 Å². The lowest BCUT2D eigenvalue weighted by Crippen LogP contribution is -2.42. The molecule has 0 spiro atoms. The Bertz CT molecular complexity index is 640. The van der Waals surface area contributed by atoms with Gasteiger partial charge in [-0.15, -0.1) is 11.3 Å². The maximum atomic E-state index is 5.49. The van der Waals surface area contributed by atoms with E-state index in [4.69, 9.17) is 5.84 Å². The number of fused-ring (bicyclic) bond motifs is 1. The van der Waals surface area contributed by atoms with Gasteiger partial charge in [-0.25, -0.2) is 10.8 Å². The first-order valence-electron chi connectivity index (χ1n) is 7.28. The molecule has 7 heteroatoms. The van der Waals surface area contributed by atoms with Gasteiger partial charge in [-0.1, -0.05) is 0 Å². The molecule has 1 aliphatic heterocycles. The van der Waals surface area contributed by atoms with Gasteiger partial charge in [-0.3, -0.25) is 5.43 Å². The van der Waals surface area contributed by atoms with Crippen molar-refractivity contribution in [2.75, 3.05) is 24.3 Å². The highest BCUT2D eigenvalue weighted by Crippen LogP contribution is 2.31. The maximum Gasteiger partial charge on any atom is 0.240 e. The fourth-order valence-corrected chi connectivity index (χ4v) is 3.71. The summed E-state index contributed by atoms with van der Waals surface area (Å²) in [6, 6.07) is 3.17. The first-order valence-corrected chi connectivity index (χ1v) is 8.10. The minimum Gasteiger partial charge on any atom is -0.367 e. The van der Waals surface area contributed by atoms with E-state index in [-0.39, 0.29) is 0 Å². The number of thiophene rings is 1. The summed E-state index contributed by atoms with van der Waals surface area (Å²) in [7, 11) is 2.18. The second-order valence-electron chi connectivity index (χ2n) is 5.81. The zero-order chi connectivity index (χ0) is 15.0. The Morgan fingerprint density at radius 1 is 1.43 bits per heavy atom. The molecule has 4 N–H and O–H groups in total. The topological polar surface area (TPSA) is 79.1 Å². The van der Waals surface area contributed by atoms with E-state index in [9.17, 15) is 0 Å². The SMILES string of the molecule is Cc1cc2c(NC3CCN(C)C(C)C3)nc(NN)nc2s1. The number of nitrogens with one attached hydrogen (secondary N) is 2. The van der Waals surface area contributed by atoms with Gasteiger partial charge in [0.15, 0.2) is 0 Å². The van der Waals surface area contributed by atoms with E-state index in [1.807, 2.05) is 0 Å². The average Bonchev–Trinajstić information content (AvgIpc) is 2.83. The largest absolute Gasteiger partial charge is 0.367 e. The Hall–Kier alpha value is -1.44. The van der Waals surface area contributed by atoms with Crippen LogP contribution in [-0.2, 0) is 0 Å². The summed E-state index contributed by atoms with van der Waals surface area (Å²) in [5.74, 6) is 6.84. The van der Waals surface area contributed by atoms with E-state index in [0.29, 0.717) is 18.0 Å². The average molecular weight is 306 g/mol. The molecule has 2 aromatic heterocycles. The predicted molar refractivity (Wildman–Crippen MR) is 88.7 cm³/mol. The molecule has 0 saturated carbocycles. The van der Waals surface area contributed by atoms with Crippen molar-refractivity contribution in [3.05, 3.63) is 10.9 Å². The molecule has 1 fully saturated rings. The third kappa shape index (κ3) is 2.95. The molecule has 0 aromatic carbocycles. The fourth-order valence-electron chi connectivity index (χ4n) is 2.83. The molecule has 2 atom stereocenters. The van der Waals surface area contributed by atoms with Crippen molar-refractivity contribution >= 4 is 33.3 Å². The van der Waals surface area contributed by atoms with E-state index in [2.05, 4.69) is 52.6 Å². The summed E-state index contributed by atoms with van der Waals surface area (Å²) in [4.78, 5) is 13.5. The summed E-state index contributed by atoms with van der Waals surface area (Å²) in [5, 5.41) is 4.68. The molecule has 0 amide bonds. The van der Waals surface area contributed by atoms with Crippen LogP contribution >= 0.6 is 11.3 Å². The predicted octanol–water partition coefficient (Wildman–Crippen LogP) is 2.18. The number of hydrogen-bond acceptors (Lipinski definition) is 7. The first kappa shape index (κ1) is 14.5. The molecule has 1 saturated heterocycles. The number of anilines is 2. The molecule has 3 rings (SSSR count). The first-order chi connectivity index (χ1) is 10.1. The van der Waals surface area contributed by atoms with Crippen LogP contribution in [0.4, 0.5) is 11.8 Å². The van der Waals surface area contributed by atoms with Crippen molar-refractivity contribution < 1.29 is 0 Å². The normalized spacial score (nSPS) is 23.4. The Balaban J connectivity index is 1.89. The summed E-state index contributed by atoms with van der Waals surface area (Å²) >= 11 is 1.66. The number of hydrogen-bond donors (Lipinski definition) is 3. The number of piperidine rings is 1. The van der Waals surface area contributed by atoms with E-state index in [1.54, 1.807) is 11.3 Å². The van der Waals surface area contributed by atoms with Crippen molar-refractivity contribution in [1.29, 1.82) is 0 Å². The molecular formula is C14H22N6S. The van der Waals surface area contributed by atoms with E-state index >= 15 is 0 Å². The lowest BCUT2D eigenvalue weighted by molar-refractivity contribution is 0.190. The van der Waals surface area contributed by atoms with E-state index in [1.165, 1.54) is 4.88 Å². The van der Waals surface area contributed by atoms with Gasteiger partial charge in [0.05, 0.1) is 5.39 Å². The fraction of sp³-hybridized carbons (Fsp3) is 0.571. The van der Waals surface area contributed by atoms with Gasteiger partial charge in [0.1, 0.15) is 10.6 Å². The lowest BCUT2D eigenvalue weighted by Gasteiger charge is -2.35. The molecule has 6 nitrogen and oxygen atoms in total. The quantitative estimate of drug-likeness (QED) is 0.596. The van der Waals surface area contributed by atoms with Crippen LogP contribution < -0.4 is 16.6 Å². The zero-order valence-corrected chi connectivity index (χ0v) is 13.5. The molecule has 0 aliphatic carbocycles. The second kappa shape index (κ2) is 5.75. The van der Waals surface area contributed by atoms with Gasteiger partial charge in [0.25, 0.3) is 0 Å². The van der Waals surface area contributed by atoms with Crippen LogP contribution in [0.1, 0.15) is 24.6 Å². The summed E-state index contributed by atoms with van der Waals surface area (Å²) < 4.78 is 0.